The second-order valence-electron chi connectivity index (χ2n) is 16.3. The number of carboxylic acid groups (broad SMARTS) is 1. The van der Waals surface area contributed by atoms with Crippen molar-refractivity contribution in [1.82, 2.24) is 20.9 Å². The summed E-state index contributed by atoms with van der Waals surface area (Å²) in [4.78, 5) is 101. The number of halogens is 1. The number of carboxylic acids is 1. The molecule has 18 heteroatoms. The summed E-state index contributed by atoms with van der Waals surface area (Å²) in [6.07, 6.45) is 5.46. The Kier molecular flexibility index (Phi) is 13.4. The third kappa shape index (κ3) is 8.10. The molecular formula is C40H53ClN4O13. The van der Waals surface area contributed by atoms with Gasteiger partial charge in [0.15, 0.2) is 11.4 Å². The summed E-state index contributed by atoms with van der Waals surface area (Å²) >= 11 is 7.57. The Morgan fingerprint density at radius 3 is 2.41 bits per heavy atom. The Morgan fingerprint density at radius 1 is 1.03 bits per heavy atom. The van der Waals surface area contributed by atoms with Crippen LogP contribution in [0, 0.1) is 28.6 Å². The van der Waals surface area contributed by atoms with Crippen LogP contribution < -0.4 is 16.0 Å². The van der Waals surface area contributed by atoms with Crippen molar-refractivity contribution in [2.75, 3.05) is 26.4 Å². The highest BCUT2D eigenvalue weighted by Crippen LogP contribution is 2.72. The zero-order chi connectivity index (χ0) is 42.8. The molecule has 1 heterocycles. The largest absolute Gasteiger partial charge is 0.481 e. The fraction of sp³-hybridized carbons (Fsp3) is 0.650. The highest BCUT2D eigenvalue weighted by Gasteiger charge is 2.76. The zero-order valence-corrected chi connectivity index (χ0v) is 33.8. The molecule has 318 valence electrons. The normalized spacial score (nSPS) is 33.9. The summed E-state index contributed by atoms with van der Waals surface area (Å²) in [5.74, 6) is -6.41. The van der Waals surface area contributed by atoms with Crippen LogP contribution in [0.4, 0.5) is 0 Å². The molecule has 0 aromatic rings. The number of aliphatic hydroxyl groups excluding tert-OH is 2. The molecule has 4 aliphatic carbocycles. The summed E-state index contributed by atoms with van der Waals surface area (Å²) in [7, 11) is 0. The number of aliphatic carboxylic acids is 1. The molecule has 5 rings (SSSR count). The number of ketones is 2. The molecule has 0 saturated heterocycles. The van der Waals surface area contributed by atoms with Crippen molar-refractivity contribution < 1.29 is 63.1 Å². The number of alkyl halides is 1. The van der Waals surface area contributed by atoms with E-state index < -0.39 is 113 Å². The van der Waals surface area contributed by atoms with Gasteiger partial charge in [0.25, 0.3) is 0 Å². The van der Waals surface area contributed by atoms with Crippen molar-refractivity contribution in [1.29, 1.82) is 0 Å². The molecule has 3 fully saturated rings. The van der Waals surface area contributed by atoms with E-state index in [2.05, 4.69) is 16.0 Å². The smallest absolute Gasteiger partial charge is 0.306 e. The predicted octanol–water partition coefficient (Wildman–Crippen LogP) is 0.797. The maximum Gasteiger partial charge on any atom is 0.306 e. The minimum atomic E-state index is -1.73. The van der Waals surface area contributed by atoms with Crippen molar-refractivity contribution >= 4 is 58.7 Å². The molecule has 0 spiro atoms. The number of hydrogen-bond donors (Lipinski definition) is 6. The number of ether oxygens (including phenoxy) is 2. The SMILES string of the molecule is CCC(=O)O[C@]1(C(=O)COCNC(=O)[C@H](CCC(=O)O)NC(=O)CNC(=O)CCN2C(=O)C=CC2O)[C@@H](C)CC2[C@@H]3CCC4=CC(=O)C=C[C@]4(C)[C@@]3(Cl)[C@@H](O)C[C@@]21C. The van der Waals surface area contributed by atoms with Gasteiger partial charge in [-0.1, -0.05) is 39.3 Å². The van der Waals surface area contributed by atoms with Crippen LogP contribution in [0.3, 0.4) is 0 Å². The minimum absolute atomic E-state index is 0.0102. The fourth-order valence-electron chi connectivity index (χ4n) is 10.2. The number of hydrogen-bond acceptors (Lipinski definition) is 12. The molecule has 1 aliphatic heterocycles. The summed E-state index contributed by atoms with van der Waals surface area (Å²) in [6, 6.07) is -1.36. The number of Topliss-reactive ketones (excluding diaryl/α,β-unsaturated/α-hetero) is 1. The number of esters is 1. The first-order chi connectivity index (χ1) is 27.2. The van der Waals surface area contributed by atoms with E-state index in [0.717, 1.165) is 10.5 Å². The maximum absolute atomic E-state index is 14.5. The number of carbonyl (C=O) groups is 8. The molecule has 3 saturated carbocycles. The van der Waals surface area contributed by atoms with E-state index in [-0.39, 0.29) is 49.8 Å². The highest BCUT2D eigenvalue weighted by atomic mass is 35.5. The maximum atomic E-state index is 14.5. The van der Waals surface area contributed by atoms with Gasteiger partial charge in [0.1, 0.15) is 25.6 Å². The van der Waals surface area contributed by atoms with Gasteiger partial charge in [-0.3, -0.25) is 38.4 Å². The lowest BCUT2D eigenvalue weighted by Crippen LogP contribution is -2.69. The molecule has 58 heavy (non-hydrogen) atoms. The number of amides is 4. The van der Waals surface area contributed by atoms with Crippen LogP contribution in [-0.2, 0) is 47.8 Å². The summed E-state index contributed by atoms with van der Waals surface area (Å²) in [5.41, 5.74) is -2.80. The molecule has 6 N–H and O–H groups in total. The molecule has 17 nitrogen and oxygen atoms in total. The lowest BCUT2D eigenvalue weighted by Gasteiger charge is -2.64. The van der Waals surface area contributed by atoms with E-state index in [4.69, 9.17) is 21.1 Å². The van der Waals surface area contributed by atoms with Crippen LogP contribution in [0.2, 0.25) is 0 Å². The second kappa shape index (κ2) is 17.4. The standard InChI is InChI=1S/C40H53ClN4O13/c1-5-35(55)58-40(22(2)16-26-25-7-6-23-17-24(46)12-14-37(23,3)39(25,41)28(47)18-38(26,40)4)29(48)20-57-21-43-36(56)27(8-11-34(53)54)44-31(50)19-42-30(49)13-15-45-32(51)9-10-33(45)52/h9-10,12,14,17,22,25-28,32,47,51H,5-8,11,13,15-16,18-21H2,1-4H3,(H,42,49)(H,43,56)(H,44,50)(H,53,54)/t22-,25-,26?,27-,28-,32?,37-,38-,39-,40-/m0/s1. The lowest BCUT2D eigenvalue weighted by molar-refractivity contribution is -0.203. The predicted molar refractivity (Wildman–Crippen MR) is 204 cm³/mol. The lowest BCUT2D eigenvalue weighted by atomic mass is 9.45. The first-order valence-electron chi connectivity index (χ1n) is 19.6. The highest BCUT2D eigenvalue weighted by molar-refractivity contribution is 6.26. The molecule has 5 aliphatic rings. The van der Waals surface area contributed by atoms with Crippen molar-refractivity contribution in [3.8, 4) is 0 Å². The van der Waals surface area contributed by atoms with E-state index in [1.807, 2.05) is 20.8 Å². The van der Waals surface area contributed by atoms with Gasteiger partial charge in [0.2, 0.25) is 29.4 Å². The van der Waals surface area contributed by atoms with Crippen LogP contribution in [0.15, 0.2) is 36.0 Å². The molecule has 0 aromatic heterocycles. The van der Waals surface area contributed by atoms with Crippen LogP contribution in [0.5, 0.6) is 0 Å². The van der Waals surface area contributed by atoms with Gasteiger partial charge in [-0.15, -0.1) is 11.6 Å². The van der Waals surface area contributed by atoms with Gasteiger partial charge in [0.05, 0.1) is 17.5 Å². The summed E-state index contributed by atoms with van der Waals surface area (Å²) in [5, 5.41) is 38.2. The zero-order valence-electron chi connectivity index (χ0n) is 33.1. The topological polar surface area (TPSA) is 255 Å². The van der Waals surface area contributed by atoms with Gasteiger partial charge in [-0.2, -0.15) is 0 Å². The quantitative estimate of drug-likeness (QED) is 0.0514. The number of nitrogens with zero attached hydrogens (tertiary/aromatic N) is 1. The van der Waals surface area contributed by atoms with E-state index in [1.165, 1.54) is 18.2 Å². The Labute approximate surface area is 340 Å². The van der Waals surface area contributed by atoms with Crippen molar-refractivity contribution in [3.63, 3.8) is 0 Å². The number of rotatable bonds is 17. The van der Waals surface area contributed by atoms with Gasteiger partial charge in [-0.25, -0.2) is 0 Å². The van der Waals surface area contributed by atoms with E-state index in [0.29, 0.717) is 19.3 Å². The molecule has 0 aromatic carbocycles. The van der Waals surface area contributed by atoms with Crippen LogP contribution in [0.25, 0.3) is 0 Å². The van der Waals surface area contributed by atoms with Crippen LogP contribution >= 0.6 is 11.6 Å². The third-order valence-corrected chi connectivity index (χ3v) is 14.0. The number of fused-ring (bicyclic) bond motifs is 5. The summed E-state index contributed by atoms with van der Waals surface area (Å²) in [6.45, 7) is 5.35. The minimum Gasteiger partial charge on any atom is -0.481 e. The number of allylic oxidation sites excluding steroid dienone is 4. The van der Waals surface area contributed by atoms with Crippen molar-refractivity contribution in [3.05, 3.63) is 36.0 Å². The first kappa shape index (κ1) is 44.6. The molecular weight excluding hydrogens is 780 g/mol. The summed E-state index contributed by atoms with van der Waals surface area (Å²) < 4.78 is 11.8. The van der Waals surface area contributed by atoms with E-state index >= 15 is 0 Å². The van der Waals surface area contributed by atoms with Gasteiger partial charge in [-0.05, 0) is 62.2 Å². The molecule has 10 atom stereocenters. The first-order valence-corrected chi connectivity index (χ1v) is 20.0. The fourth-order valence-corrected chi connectivity index (χ4v) is 10.7. The van der Waals surface area contributed by atoms with E-state index in [1.54, 1.807) is 19.1 Å². The Morgan fingerprint density at radius 2 is 1.76 bits per heavy atom. The van der Waals surface area contributed by atoms with Gasteiger partial charge < -0.3 is 45.6 Å². The average Bonchev–Trinajstić information content (AvgIpc) is 3.60. The molecule has 0 bridgehead atoms. The Hall–Kier alpha value is -4.45. The van der Waals surface area contributed by atoms with Crippen LogP contribution in [-0.4, -0.2) is 123 Å². The van der Waals surface area contributed by atoms with Crippen molar-refractivity contribution in [2.45, 2.75) is 108 Å². The van der Waals surface area contributed by atoms with Gasteiger partial charge >= 0.3 is 11.9 Å². The number of carbonyl (C=O) groups excluding carboxylic acids is 7. The average molecular weight is 833 g/mol. The van der Waals surface area contributed by atoms with E-state index in [9.17, 15) is 53.7 Å². The van der Waals surface area contributed by atoms with Crippen molar-refractivity contribution in [2.24, 2.45) is 28.6 Å². The number of aliphatic hydroxyl groups is 2. The second-order valence-corrected chi connectivity index (χ2v) is 16.9. The van der Waals surface area contributed by atoms with Crippen LogP contribution in [0.1, 0.15) is 79.1 Å². The Bertz CT molecular complexity index is 1820. The third-order valence-electron chi connectivity index (χ3n) is 13.1. The molecule has 4 amide bonds. The molecule has 0 radical (unpaired) electrons. The number of nitrogens with one attached hydrogen (secondary N) is 3. The van der Waals surface area contributed by atoms with Gasteiger partial charge in [0, 0.05) is 48.6 Å². The monoisotopic (exact) mass is 832 g/mol. The Balaban J connectivity index is 1.22. The molecule has 2 unspecified atom stereocenters.